The largest absolute Gasteiger partial charge is 0.310 e. The Morgan fingerprint density at radius 1 is 1.28 bits per heavy atom. The normalized spacial score (nSPS) is 36.2. The summed E-state index contributed by atoms with van der Waals surface area (Å²) in [7, 11) is 0. The molecule has 1 N–H and O–H groups in total. The van der Waals surface area contributed by atoms with Crippen LogP contribution in [0.1, 0.15) is 42.7 Å². The molecule has 2 aliphatic heterocycles. The number of hydrogen-bond acceptors (Lipinski definition) is 2. The fourth-order valence-electron chi connectivity index (χ4n) is 4.12. The smallest absolute Gasteiger partial charge is 0.138 e. The number of ketones is 1. The lowest BCUT2D eigenvalue weighted by atomic mass is 9.72. The van der Waals surface area contributed by atoms with Gasteiger partial charge in [-0.05, 0) is 42.7 Å². The number of Topliss-reactive ketones (excluding diaryl/α,β-unsaturated/α-hetero) is 1. The molecule has 0 spiro atoms. The topological polar surface area (TPSA) is 29.1 Å². The van der Waals surface area contributed by atoms with Gasteiger partial charge in [0.1, 0.15) is 5.78 Å². The third-order valence-electron chi connectivity index (χ3n) is 5.12. The molecule has 2 heterocycles. The van der Waals surface area contributed by atoms with Crippen LogP contribution in [0.5, 0.6) is 0 Å². The fraction of sp³-hybridized carbons (Fsp3) is 0.562. The minimum atomic E-state index is 0.316. The molecule has 2 nitrogen and oxygen atoms in total. The number of fused-ring (bicyclic) bond motifs is 3. The molecule has 0 saturated carbocycles. The number of hydrogen-bond donors (Lipinski definition) is 1. The lowest BCUT2D eigenvalue weighted by molar-refractivity contribution is -0.123. The number of rotatable bonds is 3. The summed E-state index contributed by atoms with van der Waals surface area (Å²) in [6.07, 6.45) is 5.46. The number of nitrogens with one attached hydrogen (secondary N) is 1. The zero-order chi connectivity index (χ0) is 12.1. The minimum absolute atomic E-state index is 0.316. The Labute approximate surface area is 108 Å². The van der Waals surface area contributed by atoms with Crippen LogP contribution in [0.4, 0.5) is 0 Å². The first-order chi connectivity index (χ1) is 8.81. The van der Waals surface area contributed by atoms with Gasteiger partial charge in [-0.1, -0.05) is 24.3 Å². The van der Waals surface area contributed by atoms with Crippen molar-refractivity contribution in [3.05, 3.63) is 35.4 Å². The molecule has 1 aromatic carbocycles. The Morgan fingerprint density at radius 2 is 2.17 bits per heavy atom. The molecule has 3 aliphatic rings. The summed E-state index contributed by atoms with van der Waals surface area (Å²) in [6.45, 7) is 0. The van der Waals surface area contributed by atoms with E-state index in [-0.39, 0.29) is 0 Å². The third-order valence-corrected chi connectivity index (χ3v) is 5.12. The van der Waals surface area contributed by atoms with Crippen LogP contribution in [-0.2, 0) is 11.2 Å². The highest BCUT2D eigenvalue weighted by molar-refractivity contribution is 5.83. The van der Waals surface area contributed by atoms with Crippen LogP contribution in [0.25, 0.3) is 0 Å². The molecule has 2 bridgehead atoms. The molecule has 4 rings (SSSR count). The predicted octanol–water partition coefficient (Wildman–Crippen LogP) is 2.43. The summed E-state index contributed by atoms with van der Waals surface area (Å²) in [4.78, 5) is 12.4. The van der Waals surface area contributed by atoms with Crippen LogP contribution < -0.4 is 5.32 Å². The van der Waals surface area contributed by atoms with Gasteiger partial charge in [0.05, 0.1) is 0 Å². The van der Waals surface area contributed by atoms with E-state index in [1.54, 1.807) is 0 Å². The van der Waals surface area contributed by atoms with E-state index in [1.807, 2.05) is 0 Å². The zero-order valence-corrected chi connectivity index (χ0v) is 10.6. The van der Waals surface area contributed by atoms with Crippen LogP contribution in [0, 0.1) is 5.92 Å². The van der Waals surface area contributed by atoms with Gasteiger partial charge in [0.25, 0.3) is 0 Å². The Balaban J connectivity index is 1.43. The van der Waals surface area contributed by atoms with Gasteiger partial charge >= 0.3 is 0 Å². The van der Waals surface area contributed by atoms with Gasteiger partial charge < -0.3 is 5.32 Å². The molecular formula is C16H19NO. The van der Waals surface area contributed by atoms with Gasteiger partial charge in [-0.25, -0.2) is 0 Å². The first-order valence-corrected chi connectivity index (χ1v) is 7.18. The van der Waals surface area contributed by atoms with Gasteiger partial charge in [-0.3, -0.25) is 4.79 Å². The molecule has 0 radical (unpaired) electrons. The predicted molar refractivity (Wildman–Crippen MR) is 70.6 cm³/mol. The van der Waals surface area contributed by atoms with Crippen LogP contribution >= 0.6 is 0 Å². The van der Waals surface area contributed by atoms with E-state index < -0.39 is 0 Å². The molecule has 2 saturated heterocycles. The maximum Gasteiger partial charge on any atom is 0.138 e. The molecule has 2 heteroatoms. The molecule has 4 unspecified atom stereocenters. The van der Waals surface area contributed by atoms with Crippen molar-refractivity contribution >= 4 is 5.78 Å². The maximum absolute atomic E-state index is 12.4. The highest BCUT2D eigenvalue weighted by atomic mass is 16.1. The summed E-state index contributed by atoms with van der Waals surface area (Å²) in [5, 5.41) is 3.57. The average molecular weight is 241 g/mol. The quantitative estimate of drug-likeness (QED) is 0.880. The van der Waals surface area contributed by atoms with E-state index in [1.165, 1.54) is 24.0 Å². The van der Waals surface area contributed by atoms with Gasteiger partial charge in [-0.2, -0.15) is 0 Å². The van der Waals surface area contributed by atoms with Crippen molar-refractivity contribution in [2.75, 3.05) is 0 Å². The molecule has 0 aromatic heterocycles. The van der Waals surface area contributed by atoms with E-state index in [0.29, 0.717) is 29.7 Å². The van der Waals surface area contributed by atoms with Crippen molar-refractivity contribution in [1.29, 1.82) is 0 Å². The Hall–Kier alpha value is -1.15. The first kappa shape index (κ1) is 10.7. The van der Waals surface area contributed by atoms with E-state index in [2.05, 4.69) is 29.6 Å². The number of carbonyl (C=O) groups is 1. The highest BCUT2D eigenvalue weighted by Gasteiger charge is 2.43. The van der Waals surface area contributed by atoms with Crippen molar-refractivity contribution in [2.45, 2.75) is 50.1 Å². The molecule has 0 amide bonds. The van der Waals surface area contributed by atoms with Crippen LogP contribution in [0.2, 0.25) is 0 Å². The fourth-order valence-corrected chi connectivity index (χ4v) is 4.12. The highest BCUT2D eigenvalue weighted by Crippen LogP contribution is 2.40. The SMILES string of the molecule is O=C(CC1Cc2ccccc21)C1CC2CCC1N2. The van der Waals surface area contributed by atoms with Gasteiger partial charge in [0.2, 0.25) is 0 Å². The van der Waals surface area contributed by atoms with Gasteiger partial charge in [-0.15, -0.1) is 0 Å². The second kappa shape index (κ2) is 3.92. The van der Waals surface area contributed by atoms with E-state index >= 15 is 0 Å². The molecular weight excluding hydrogens is 222 g/mol. The van der Waals surface area contributed by atoms with E-state index in [9.17, 15) is 4.79 Å². The molecule has 4 atom stereocenters. The third kappa shape index (κ3) is 1.55. The van der Waals surface area contributed by atoms with Crippen LogP contribution in [0.15, 0.2) is 24.3 Å². The monoisotopic (exact) mass is 241 g/mol. The van der Waals surface area contributed by atoms with Gasteiger partial charge in [0.15, 0.2) is 0 Å². The summed E-state index contributed by atoms with van der Waals surface area (Å²) in [6, 6.07) is 9.70. The summed E-state index contributed by atoms with van der Waals surface area (Å²) >= 11 is 0. The summed E-state index contributed by atoms with van der Waals surface area (Å²) in [5.74, 6) is 1.33. The summed E-state index contributed by atoms with van der Waals surface area (Å²) < 4.78 is 0. The second-order valence-corrected chi connectivity index (χ2v) is 6.16. The van der Waals surface area contributed by atoms with Crippen molar-refractivity contribution in [3.8, 4) is 0 Å². The lowest BCUT2D eigenvalue weighted by Crippen LogP contribution is -2.31. The maximum atomic E-state index is 12.4. The molecule has 2 fully saturated rings. The van der Waals surface area contributed by atoms with E-state index in [0.717, 1.165) is 19.3 Å². The van der Waals surface area contributed by atoms with Crippen molar-refractivity contribution in [2.24, 2.45) is 5.92 Å². The van der Waals surface area contributed by atoms with Crippen molar-refractivity contribution in [1.82, 2.24) is 5.32 Å². The Kier molecular flexibility index (Phi) is 2.34. The average Bonchev–Trinajstić information content (AvgIpc) is 2.98. The first-order valence-electron chi connectivity index (χ1n) is 7.18. The standard InChI is InChI=1S/C16H19NO/c18-16(14-9-12-5-6-15(14)17-12)8-11-7-10-3-1-2-4-13(10)11/h1-4,11-12,14-15,17H,5-9H2. The molecule has 94 valence electrons. The minimum Gasteiger partial charge on any atom is -0.310 e. The van der Waals surface area contributed by atoms with E-state index in [4.69, 9.17) is 0 Å². The zero-order valence-electron chi connectivity index (χ0n) is 10.6. The lowest BCUT2D eigenvalue weighted by Gasteiger charge is -2.31. The number of carbonyl (C=O) groups excluding carboxylic acids is 1. The summed E-state index contributed by atoms with van der Waals surface area (Å²) in [5.41, 5.74) is 2.86. The van der Waals surface area contributed by atoms with Crippen LogP contribution in [0.3, 0.4) is 0 Å². The van der Waals surface area contributed by atoms with Crippen molar-refractivity contribution in [3.63, 3.8) is 0 Å². The molecule has 18 heavy (non-hydrogen) atoms. The molecule has 1 aromatic rings. The Bertz CT molecular complexity index is 496. The molecule has 1 aliphatic carbocycles. The van der Waals surface area contributed by atoms with Gasteiger partial charge in [0, 0.05) is 24.4 Å². The second-order valence-electron chi connectivity index (χ2n) is 6.16. The van der Waals surface area contributed by atoms with Crippen LogP contribution in [-0.4, -0.2) is 17.9 Å². The number of benzene rings is 1. The van der Waals surface area contributed by atoms with Crippen molar-refractivity contribution < 1.29 is 4.79 Å². The Morgan fingerprint density at radius 3 is 2.89 bits per heavy atom.